The van der Waals surface area contributed by atoms with E-state index in [1.54, 1.807) is 12.1 Å². The average Bonchev–Trinajstić information content (AvgIpc) is 3.09. The molecule has 1 saturated heterocycles. The number of carbonyl (C=O) groups excluding carboxylic acids is 2. The molecule has 0 spiro atoms. The number of carbonyl (C=O) groups is 2. The Morgan fingerprint density at radius 2 is 1.63 bits per heavy atom. The van der Waals surface area contributed by atoms with Crippen molar-refractivity contribution in [1.29, 1.82) is 0 Å². The molecule has 1 fully saturated rings. The van der Waals surface area contributed by atoms with Crippen molar-refractivity contribution >= 4 is 44.8 Å². The molecule has 1 heterocycles. The van der Waals surface area contributed by atoms with Gasteiger partial charge in [0.15, 0.2) is 0 Å². The number of Topliss-reactive ketones (excluding diaryl/α,β-unsaturated/α-hetero) is 1. The summed E-state index contributed by atoms with van der Waals surface area (Å²) >= 11 is 3.26. The van der Waals surface area contributed by atoms with Crippen LogP contribution in [0.3, 0.4) is 0 Å². The Morgan fingerprint density at radius 1 is 1.00 bits per heavy atom. The predicted octanol–water partition coefficient (Wildman–Crippen LogP) is 6.00. The first-order valence-corrected chi connectivity index (χ1v) is 10.8. The van der Waals surface area contributed by atoms with Gasteiger partial charge in [0.25, 0.3) is 17.4 Å². The van der Waals surface area contributed by atoms with Gasteiger partial charge in [0.05, 0.1) is 22.1 Å². The molecule has 1 amide bonds. The van der Waals surface area contributed by atoms with Crippen LogP contribution < -0.4 is 4.90 Å². The van der Waals surface area contributed by atoms with Gasteiger partial charge in [-0.2, -0.15) is 13.2 Å². The summed E-state index contributed by atoms with van der Waals surface area (Å²) in [5.41, 5.74) is -1.50. The summed E-state index contributed by atoms with van der Waals surface area (Å²) in [6.07, 6.45) is -4.70. The molecule has 3 aromatic carbocycles. The number of alkyl halides is 3. The molecule has 3 aromatic rings. The van der Waals surface area contributed by atoms with Crippen LogP contribution in [0, 0.1) is 10.1 Å². The fourth-order valence-corrected chi connectivity index (χ4v) is 4.05. The number of nitrogens with zero attached hydrogens (tertiary/aromatic N) is 2. The van der Waals surface area contributed by atoms with Gasteiger partial charge in [0.2, 0.25) is 0 Å². The first-order valence-electron chi connectivity index (χ1n) is 9.97. The molecule has 0 saturated carbocycles. The number of nitro benzene ring substituents is 1. The molecule has 4 rings (SSSR count). The number of amides is 1. The minimum Gasteiger partial charge on any atom is -0.507 e. The molecule has 0 aliphatic carbocycles. The Kier molecular flexibility index (Phi) is 6.20. The molecule has 178 valence electrons. The maximum absolute atomic E-state index is 13.3. The fourth-order valence-electron chi connectivity index (χ4n) is 3.79. The van der Waals surface area contributed by atoms with Gasteiger partial charge in [0.1, 0.15) is 5.76 Å². The number of hydrogen-bond acceptors (Lipinski definition) is 5. The Balaban J connectivity index is 1.94. The first-order chi connectivity index (χ1) is 16.5. The van der Waals surface area contributed by atoms with Gasteiger partial charge in [0, 0.05) is 27.9 Å². The lowest BCUT2D eigenvalue weighted by molar-refractivity contribution is -0.384. The summed E-state index contributed by atoms with van der Waals surface area (Å²) in [6, 6.07) is 13.6. The van der Waals surface area contributed by atoms with Crippen LogP contribution in [-0.4, -0.2) is 21.7 Å². The van der Waals surface area contributed by atoms with Crippen LogP contribution in [0.2, 0.25) is 0 Å². The highest BCUT2D eigenvalue weighted by atomic mass is 79.9. The number of rotatable bonds is 4. The van der Waals surface area contributed by atoms with Gasteiger partial charge >= 0.3 is 6.18 Å². The molecule has 0 unspecified atom stereocenters. The van der Waals surface area contributed by atoms with Crippen LogP contribution in [0.25, 0.3) is 5.76 Å². The largest absolute Gasteiger partial charge is 0.507 e. The van der Waals surface area contributed by atoms with Crippen molar-refractivity contribution < 1.29 is 32.8 Å². The van der Waals surface area contributed by atoms with Crippen LogP contribution in [0.1, 0.15) is 22.7 Å². The van der Waals surface area contributed by atoms with E-state index in [1.165, 1.54) is 30.3 Å². The van der Waals surface area contributed by atoms with E-state index in [0.29, 0.717) is 4.47 Å². The van der Waals surface area contributed by atoms with Crippen molar-refractivity contribution in [3.63, 3.8) is 0 Å². The highest BCUT2D eigenvalue weighted by Gasteiger charge is 2.47. The second kappa shape index (κ2) is 8.99. The monoisotopic (exact) mass is 546 g/mol. The van der Waals surface area contributed by atoms with Crippen LogP contribution in [0.15, 0.2) is 82.8 Å². The molecule has 11 heteroatoms. The summed E-state index contributed by atoms with van der Waals surface area (Å²) in [7, 11) is 0. The zero-order valence-corrected chi connectivity index (χ0v) is 19.1. The lowest BCUT2D eigenvalue weighted by Crippen LogP contribution is -2.29. The zero-order chi connectivity index (χ0) is 25.5. The number of nitro groups is 1. The van der Waals surface area contributed by atoms with Crippen molar-refractivity contribution in [2.75, 3.05) is 4.90 Å². The van der Waals surface area contributed by atoms with Crippen LogP contribution in [-0.2, 0) is 15.8 Å². The van der Waals surface area contributed by atoms with E-state index in [2.05, 4.69) is 15.9 Å². The lowest BCUT2D eigenvalue weighted by Gasteiger charge is -2.26. The Morgan fingerprint density at radius 3 is 2.20 bits per heavy atom. The van der Waals surface area contributed by atoms with Gasteiger partial charge in [-0.3, -0.25) is 24.6 Å². The van der Waals surface area contributed by atoms with Crippen molar-refractivity contribution in [2.24, 2.45) is 0 Å². The quantitative estimate of drug-likeness (QED) is 0.142. The number of halogens is 4. The van der Waals surface area contributed by atoms with Crippen molar-refractivity contribution in [3.8, 4) is 0 Å². The number of non-ortho nitro benzene ring substituents is 1. The standard InChI is InChI=1S/C24H14BrF3N2O5/c25-16-8-4-14(5-9-16)21(31)19-20(13-6-10-17(11-7-13)30(34)35)29(23(33)22(19)32)18-3-1-2-15(12-18)24(26,27)28/h1-12,20,31H/t20-/m1/s1. The molecule has 1 atom stereocenters. The van der Waals surface area contributed by atoms with Gasteiger partial charge in [-0.1, -0.05) is 34.1 Å². The Labute approximate surface area is 204 Å². The molecule has 0 aromatic heterocycles. The van der Waals surface area contributed by atoms with Crippen LogP contribution in [0.4, 0.5) is 24.5 Å². The Hall–Kier alpha value is -3.99. The van der Waals surface area contributed by atoms with Gasteiger partial charge in [-0.25, -0.2) is 0 Å². The van der Waals surface area contributed by atoms with Gasteiger partial charge in [-0.15, -0.1) is 0 Å². The molecule has 1 aliphatic heterocycles. The lowest BCUT2D eigenvalue weighted by atomic mass is 9.95. The Bertz CT molecular complexity index is 1370. The fraction of sp³-hybridized carbons (Fsp3) is 0.0833. The summed E-state index contributed by atoms with van der Waals surface area (Å²) < 4.78 is 40.7. The van der Waals surface area contributed by atoms with Crippen molar-refractivity contribution in [3.05, 3.63) is 110 Å². The third kappa shape index (κ3) is 4.54. The highest BCUT2D eigenvalue weighted by molar-refractivity contribution is 9.10. The van der Waals surface area contributed by atoms with Crippen molar-refractivity contribution in [1.82, 2.24) is 0 Å². The summed E-state index contributed by atoms with van der Waals surface area (Å²) in [5, 5.41) is 22.1. The van der Waals surface area contributed by atoms with E-state index in [4.69, 9.17) is 0 Å². The van der Waals surface area contributed by atoms with Crippen LogP contribution in [0.5, 0.6) is 0 Å². The second-order valence-electron chi connectivity index (χ2n) is 7.57. The highest BCUT2D eigenvalue weighted by Crippen LogP contribution is 2.43. The molecular formula is C24H14BrF3N2O5. The number of hydrogen-bond donors (Lipinski definition) is 1. The average molecular weight is 547 g/mol. The summed E-state index contributed by atoms with van der Waals surface area (Å²) in [6.45, 7) is 0. The molecule has 1 N–H and O–H groups in total. The zero-order valence-electron chi connectivity index (χ0n) is 17.5. The summed E-state index contributed by atoms with van der Waals surface area (Å²) in [4.78, 5) is 37.4. The maximum atomic E-state index is 13.3. The van der Waals surface area contributed by atoms with E-state index >= 15 is 0 Å². The SMILES string of the molecule is O=C1C(=O)N(c2cccc(C(F)(F)F)c2)[C@H](c2ccc([N+](=O)[O-])cc2)C1=C(O)c1ccc(Br)cc1. The van der Waals surface area contributed by atoms with E-state index in [1.807, 2.05) is 0 Å². The van der Waals surface area contributed by atoms with Crippen molar-refractivity contribution in [2.45, 2.75) is 12.2 Å². The van der Waals surface area contributed by atoms with E-state index in [0.717, 1.165) is 35.2 Å². The molecule has 0 radical (unpaired) electrons. The van der Waals surface area contributed by atoms with E-state index in [-0.39, 0.29) is 28.1 Å². The molecular weight excluding hydrogens is 533 g/mol. The topological polar surface area (TPSA) is 101 Å². The van der Waals surface area contributed by atoms with E-state index < -0.39 is 40.2 Å². The third-order valence-corrected chi connectivity index (χ3v) is 5.96. The second-order valence-corrected chi connectivity index (χ2v) is 8.49. The molecule has 0 bridgehead atoms. The number of aliphatic hydroxyl groups excluding tert-OH is 1. The maximum Gasteiger partial charge on any atom is 0.416 e. The van der Waals surface area contributed by atoms with Gasteiger partial charge in [-0.05, 0) is 48.0 Å². The van der Waals surface area contributed by atoms with Crippen LogP contribution >= 0.6 is 15.9 Å². The first kappa shape index (κ1) is 24.1. The normalized spacial score (nSPS) is 17.6. The van der Waals surface area contributed by atoms with E-state index in [9.17, 15) is 38.0 Å². The number of anilines is 1. The number of aliphatic hydroxyl groups is 1. The minimum absolute atomic E-state index is 0.186. The smallest absolute Gasteiger partial charge is 0.416 e. The van der Waals surface area contributed by atoms with Gasteiger partial charge < -0.3 is 5.11 Å². The molecule has 1 aliphatic rings. The minimum atomic E-state index is -4.70. The molecule has 35 heavy (non-hydrogen) atoms. The summed E-state index contributed by atoms with van der Waals surface area (Å²) in [5.74, 6) is -2.79. The molecule has 7 nitrogen and oxygen atoms in total. The third-order valence-electron chi connectivity index (χ3n) is 5.43. The predicted molar refractivity (Wildman–Crippen MR) is 123 cm³/mol. The number of ketones is 1. The number of benzene rings is 3.